The molecule has 1 saturated carbocycles. The van der Waals surface area contributed by atoms with Gasteiger partial charge in [-0.3, -0.25) is 4.40 Å². The number of hydrogen-bond donors (Lipinski definition) is 1. The van der Waals surface area contributed by atoms with Crippen LogP contribution in [0.3, 0.4) is 0 Å². The predicted molar refractivity (Wildman–Crippen MR) is 74.2 cm³/mol. The zero-order chi connectivity index (χ0) is 13.4. The first kappa shape index (κ1) is 12.3. The number of nitrogens with two attached hydrogens (primary N) is 1. The number of hydrogen-bond acceptors (Lipinski definition) is 5. The van der Waals surface area contributed by atoms with Gasteiger partial charge in [0, 0.05) is 31.5 Å². The van der Waals surface area contributed by atoms with Gasteiger partial charge in [0.25, 0.3) is 0 Å². The number of fused-ring (bicyclic) bond motifs is 1. The first-order valence-corrected chi connectivity index (χ1v) is 6.81. The molecule has 0 atom stereocenters. The van der Waals surface area contributed by atoms with E-state index in [4.69, 9.17) is 5.73 Å². The third-order valence-electron chi connectivity index (χ3n) is 4.10. The summed E-state index contributed by atoms with van der Waals surface area (Å²) in [6.07, 6.45) is 8.12. The summed E-state index contributed by atoms with van der Waals surface area (Å²) in [5, 5.41) is 8.36. The number of aryl methyl sites for hydroxylation is 1. The van der Waals surface area contributed by atoms with E-state index >= 15 is 0 Å². The Kier molecular flexibility index (Phi) is 3.10. The summed E-state index contributed by atoms with van der Waals surface area (Å²) in [4.78, 5) is 6.72. The molecule has 1 fully saturated rings. The van der Waals surface area contributed by atoms with Crippen molar-refractivity contribution in [3.63, 3.8) is 0 Å². The second kappa shape index (κ2) is 4.77. The van der Waals surface area contributed by atoms with Crippen molar-refractivity contribution >= 4 is 11.5 Å². The molecular weight excluding hydrogens is 240 g/mol. The molecule has 0 aromatic carbocycles. The summed E-state index contributed by atoms with van der Waals surface area (Å²) in [5.74, 6) is 1.79. The molecule has 0 radical (unpaired) electrons. The molecule has 0 saturated heterocycles. The van der Waals surface area contributed by atoms with Gasteiger partial charge >= 0.3 is 0 Å². The second-order valence-corrected chi connectivity index (χ2v) is 5.37. The Morgan fingerprint density at radius 3 is 2.74 bits per heavy atom. The minimum atomic E-state index is 0.365. The fraction of sp³-hybridized carbons (Fsp3) is 0.615. The van der Waals surface area contributed by atoms with Crippen LogP contribution in [0.5, 0.6) is 0 Å². The molecule has 3 rings (SSSR count). The summed E-state index contributed by atoms with van der Waals surface area (Å²) >= 11 is 0. The first-order valence-electron chi connectivity index (χ1n) is 6.81. The Bertz CT molecular complexity index is 570. The van der Waals surface area contributed by atoms with Crippen LogP contribution in [0, 0.1) is 6.92 Å². The topological polar surface area (TPSA) is 72.3 Å². The minimum absolute atomic E-state index is 0.365. The Morgan fingerprint density at radius 1 is 1.26 bits per heavy atom. The molecule has 2 heterocycles. The Hall–Kier alpha value is -1.69. The van der Waals surface area contributed by atoms with Gasteiger partial charge in [-0.15, -0.1) is 10.2 Å². The van der Waals surface area contributed by atoms with E-state index in [1.54, 1.807) is 0 Å². The van der Waals surface area contributed by atoms with Gasteiger partial charge in [0.2, 0.25) is 5.65 Å². The van der Waals surface area contributed by atoms with Gasteiger partial charge in [0.15, 0.2) is 5.82 Å². The average molecular weight is 260 g/mol. The molecule has 0 bridgehead atoms. The third-order valence-corrected chi connectivity index (χ3v) is 4.10. The SMILES string of the molecule is Cc1nnc2c(N(C)C3CCC(N)CC3)nccn12. The van der Waals surface area contributed by atoms with E-state index in [0.717, 1.165) is 43.0 Å². The second-order valence-electron chi connectivity index (χ2n) is 5.37. The lowest BCUT2D eigenvalue weighted by Crippen LogP contribution is -2.39. The lowest BCUT2D eigenvalue weighted by molar-refractivity contribution is 0.384. The molecule has 102 valence electrons. The van der Waals surface area contributed by atoms with Crippen LogP contribution < -0.4 is 10.6 Å². The quantitative estimate of drug-likeness (QED) is 0.876. The van der Waals surface area contributed by atoms with Gasteiger partial charge < -0.3 is 10.6 Å². The maximum Gasteiger partial charge on any atom is 0.203 e. The van der Waals surface area contributed by atoms with Crippen molar-refractivity contribution in [2.45, 2.75) is 44.7 Å². The zero-order valence-electron chi connectivity index (χ0n) is 11.5. The highest BCUT2D eigenvalue weighted by atomic mass is 15.3. The summed E-state index contributed by atoms with van der Waals surface area (Å²) < 4.78 is 1.98. The van der Waals surface area contributed by atoms with E-state index in [9.17, 15) is 0 Å². The molecule has 6 heteroatoms. The Balaban J connectivity index is 1.91. The van der Waals surface area contributed by atoms with Crippen LogP contribution in [-0.4, -0.2) is 38.7 Å². The zero-order valence-corrected chi connectivity index (χ0v) is 11.5. The lowest BCUT2D eigenvalue weighted by atomic mass is 9.91. The van der Waals surface area contributed by atoms with Crippen molar-refractivity contribution in [1.29, 1.82) is 0 Å². The summed E-state index contributed by atoms with van der Waals surface area (Å²) in [6.45, 7) is 1.95. The van der Waals surface area contributed by atoms with Crippen molar-refractivity contribution in [2.75, 3.05) is 11.9 Å². The van der Waals surface area contributed by atoms with Crippen LogP contribution in [0.4, 0.5) is 5.82 Å². The maximum atomic E-state index is 5.97. The molecule has 0 spiro atoms. The van der Waals surface area contributed by atoms with Crippen LogP contribution in [0.2, 0.25) is 0 Å². The Morgan fingerprint density at radius 2 is 2.00 bits per heavy atom. The van der Waals surface area contributed by atoms with E-state index < -0.39 is 0 Å². The molecule has 2 N–H and O–H groups in total. The third kappa shape index (κ3) is 2.16. The van der Waals surface area contributed by atoms with Crippen molar-refractivity contribution in [2.24, 2.45) is 5.73 Å². The van der Waals surface area contributed by atoms with Crippen LogP contribution >= 0.6 is 0 Å². The first-order chi connectivity index (χ1) is 9.16. The van der Waals surface area contributed by atoms with Gasteiger partial charge in [-0.25, -0.2) is 4.98 Å². The molecule has 2 aromatic rings. The molecule has 19 heavy (non-hydrogen) atoms. The van der Waals surface area contributed by atoms with Gasteiger partial charge in [0.05, 0.1) is 0 Å². The van der Waals surface area contributed by atoms with Crippen LogP contribution in [-0.2, 0) is 0 Å². The minimum Gasteiger partial charge on any atom is -0.354 e. The van der Waals surface area contributed by atoms with Crippen LogP contribution in [0.25, 0.3) is 5.65 Å². The number of nitrogens with zero attached hydrogens (tertiary/aromatic N) is 5. The molecular formula is C13H20N6. The Labute approximate surface area is 112 Å². The average Bonchev–Trinajstić information content (AvgIpc) is 2.81. The molecule has 6 nitrogen and oxygen atoms in total. The normalized spacial score (nSPS) is 23.7. The van der Waals surface area contributed by atoms with Crippen molar-refractivity contribution in [3.05, 3.63) is 18.2 Å². The summed E-state index contributed by atoms with van der Waals surface area (Å²) in [6, 6.07) is 0.860. The van der Waals surface area contributed by atoms with Crippen LogP contribution in [0.15, 0.2) is 12.4 Å². The summed E-state index contributed by atoms with van der Waals surface area (Å²) in [5.41, 5.74) is 6.80. The number of aromatic nitrogens is 4. The maximum absolute atomic E-state index is 5.97. The fourth-order valence-electron chi connectivity index (χ4n) is 2.84. The van der Waals surface area contributed by atoms with E-state index in [1.807, 2.05) is 23.7 Å². The van der Waals surface area contributed by atoms with Crippen molar-refractivity contribution in [1.82, 2.24) is 19.6 Å². The lowest BCUT2D eigenvalue weighted by Gasteiger charge is -2.34. The highest BCUT2D eigenvalue weighted by molar-refractivity contribution is 5.63. The molecule has 0 aliphatic heterocycles. The number of anilines is 1. The monoisotopic (exact) mass is 260 g/mol. The van der Waals surface area contributed by atoms with Gasteiger partial charge in [0.1, 0.15) is 5.82 Å². The standard InChI is InChI=1S/C13H20N6/c1-9-16-17-13-12(15-7-8-19(9)13)18(2)11-5-3-10(14)4-6-11/h7-8,10-11H,3-6,14H2,1-2H3. The molecule has 0 unspecified atom stereocenters. The molecule has 1 aliphatic carbocycles. The molecule has 1 aliphatic rings. The van der Waals surface area contributed by atoms with Gasteiger partial charge in [-0.1, -0.05) is 0 Å². The number of rotatable bonds is 2. The highest BCUT2D eigenvalue weighted by Crippen LogP contribution is 2.26. The largest absolute Gasteiger partial charge is 0.354 e. The van der Waals surface area contributed by atoms with Gasteiger partial charge in [-0.2, -0.15) is 0 Å². The van der Waals surface area contributed by atoms with E-state index in [1.165, 1.54) is 0 Å². The molecule has 2 aromatic heterocycles. The van der Waals surface area contributed by atoms with Crippen LogP contribution in [0.1, 0.15) is 31.5 Å². The summed E-state index contributed by atoms with van der Waals surface area (Å²) in [7, 11) is 2.09. The van der Waals surface area contributed by atoms with E-state index in [2.05, 4.69) is 27.1 Å². The fourth-order valence-corrected chi connectivity index (χ4v) is 2.84. The predicted octanol–water partition coefficient (Wildman–Crippen LogP) is 1.14. The van der Waals surface area contributed by atoms with E-state index in [0.29, 0.717) is 12.1 Å². The molecule has 0 amide bonds. The van der Waals surface area contributed by atoms with Gasteiger partial charge in [-0.05, 0) is 32.6 Å². The van der Waals surface area contributed by atoms with Crippen molar-refractivity contribution in [3.8, 4) is 0 Å². The van der Waals surface area contributed by atoms with E-state index in [-0.39, 0.29) is 0 Å². The van der Waals surface area contributed by atoms with Crippen molar-refractivity contribution < 1.29 is 0 Å². The highest BCUT2D eigenvalue weighted by Gasteiger charge is 2.24. The smallest absolute Gasteiger partial charge is 0.203 e.